The molecule has 0 N–H and O–H groups in total. The highest BCUT2D eigenvalue weighted by molar-refractivity contribution is 8.03. The highest BCUT2D eigenvalue weighted by atomic mass is 32.2. The molecule has 184 valence electrons. The minimum atomic E-state index is -4.23. The summed E-state index contributed by atoms with van der Waals surface area (Å²) in [5.41, 5.74) is 3.59. The maximum absolute atomic E-state index is 11.9. The lowest BCUT2D eigenvalue weighted by Crippen LogP contribution is -2.34. The minimum Gasteiger partial charge on any atom is -0.748 e. The highest BCUT2D eigenvalue weighted by Crippen LogP contribution is 2.45. The van der Waals surface area contributed by atoms with E-state index in [9.17, 15) is 17.8 Å². The SMILES string of the molecule is CN1C(=Cc2cc[n+](CCCCCC(=O)CCCS(=O)(=O)[O-])c3ccccc23)Sc2ccccc21. The van der Waals surface area contributed by atoms with E-state index in [0.717, 1.165) is 25.8 Å². The van der Waals surface area contributed by atoms with Gasteiger partial charge in [0.2, 0.25) is 5.52 Å². The van der Waals surface area contributed by atoms with E-state index in [-0.39, 0.29) is 18.6 Å². The molecule has 35 heavy (non-hydrogen) atoms. The lowest BCUT2D eigenvalue weighted by atomic mass is 10.1. The van der Waals surface area contributed by atoms with Gasteiger partial charge in [0.15, 0.2) is 6.20 Å². The van der Waals surface area contributed by atoms with E-state index >= 15 is 0 Å². The number of pyridine rings is 1. The van der Waals surface area contributed by atoms with Crippen molar-refractivity contribution in [3.63, 3.8) is 0 Å². The topological polar surface area (TPSA) is 81.4 Å². The van der Waals surface area contributed by atoms with E-state index in [0.29, 0.717) is 6.42 Å². The fourth-order valence-corrected chi connectivity index (χ4v) is 5.96. The molecule has 4 rings (SSSR count). The molecule has 0 saturated carbocycles. The van der Waals surface area contributed by atoms with E-state index in [1.807, 2.05) is 0 Å². The Balaban J connectivity index is 1.35. The van der Waals surface area contributed by atoms with Crippen LogP contribution in [0.15, 0.2) is 70.7 Å². The van der Waals surface area contributed by atoms with Crippen molar-refractivity contribution in [2.24, 2.45) is 0 Å². The summed E-state index contributed by atoms with van der Waals surface area (Å²) in [5.74, 6) is -0.433. The van der Waals surface area contributed by atoms with Gasteiger partial charge in [0.05, 0.1) is 26.2 Å². The normalized spacial score (nSPS) is 14.6. The molecule has 0 radical (unpaired) electrons. The number of thioether (sulfide) groups is 1. The predicted molar refractivity (Wildman–Crippen MR) is 140 cm³/mol. The van der Waals surface area contributed by atoms with Crippen LogP contribution in [0.25, 0.3) is 17.0 Å². The second-order valence-corrected chi connectivity index (χ2v) is 11.4. The molecule has 1 aliphatic heterocycles. The van der Waals surface area contributed by atoms with Crippen molar-refractivity contribution in [2.45, 2.75) is 50.0 Å². The number of anilines is 1. The van der Waals surface area contributed by atoms with Gasteiger partial charge in [0.25, 0.3) is 0 Å². The Morgan fingerprint density at radius 2 is 1.74 bits per heavy atom. The van der Waals surface area contributed by atoms with Gasteiger partial charge in [-0.15, -0.1) is 0 Å². The number of aromatic nitrogens is 1. The summed E-state index contributed by atoms with van der Waals surface area (Å²) in [6.45, 7) is 0.861. The third kappa shape index (κ3) is 6.72. The van der Waals surface area contributed by atoms with E-state index in [1.54, 1.807) is 11.8 Å². The Kier molecular flexibility index (Phi) is 8.26. The number of hydrogen-bond acceptors (Lipinski definition) is 6. The summed E-state index contributed by atoms with van der Waals surface area (Å²) in [4.78, 5) is 15.4. The van der Waals surface area contributed by atoms with Crippen LogP contribution < -0.4 is 9.47 Å². The van der Waals surface area contributed by atoms with Crippen LogP contribution in [0.4, 0.5) is 5.69 Å². The molecular formula is C27H30N2O4S2. The maximum atomic E-state index is 11.9. The van der Waals surface area contributed by atoms with Crippen LogP contribution >= 0.6 is 11.8 Å². The van der Waals surface area contributed by atoms with Gasteiger partial charge >= 0.3 is 0 Å². The van der Waals surface area contributed by atoms with Crippen molar-refractivity contribution < 1.29 is 22.3 Å². The average Bonchev–Trinajstić information content (AvgIpc) is 3.14. The summed E-state index contributed by atoms with van der Waals surface area (Å²) >= 11 is 1.79. The zero-order valence-corrected chi connectivity index (χ0v) is 21.5. The number of fused-ring (bicyclic) bond motifs is 2. The summed E-state index contributed by atoms with van der Waals surface area (Å²) in [7, 11) is -2.13. The molecule has 1 aliphatic rings. The molecule has 3 aromatic rings. The molecule has 8 heteroatoms. The van der Waals surface area contributed by atoms with Crippen LogP contribution in [0.1, 0.15) is 44.1 Å². The molecule has 0 fully saturated rings. The van der Waals surface area contributed by atoms with E-state index in [4.69, 9.17) is 0 Å². The first-order valence-electron chi connectivity index (χ1n) is 11.9. The quantitative estimate of drug-likeness (QED) is 0.202. The van der Waals surface area contributed by atoms with Crippen LogP contribution in [0.5, 0.6) is 0 Å². The molecule has 0 aliphatic carbocycles. The van der Waals surface area contributed by atoms with Crippen molar-refractivity contribution in [1.29, 1.82) is 0 Å². The Morgan fingerprint density at radius 1 is 1.00 bits per heavy atom. The molecule has 6 nitrogen and oxygen atoms in total. The first-order chi connectivity index (χ1) is 16.8. The predicted octanol–water partition coefficient (Wildman–Crippen LogP) is 5.12. The fraction of sp³-hybridized carbons (Fsp3) is 0.333. The second kappa shape index (κ2) is 11.4. The number of nitrogens with zero attached hydrogens (tertiary/aromatic N) is 2. The molecule has 0 unspecified atom stereocenters. The van der Waals surface area contributed by atoms with Crippen LogP contribution in [0.2, 0.25) is 0 Å². The van der Waals surface area contributed by atoms with Crippen molar-refractivity contribution in [2.75, 3.05) is 17.7 Å². The number of unbranched alkanes of at least 4 members (excludes halogenated alkanes) is 2. The summed E-state index contributed by atoms with van der Waals surface area (Å²) in [6.07, 6.45) is 7.74. The largest absolute Gasteiger partial charge is 0.748 e. The molecule has 2 heterocycles. The number of hydrogen-bond donors (Lipinski definition) is 0. The first-order valence-corrected chi connectivity index (χ1v) is 14.3. The highest BCUT2D eigenvalue weighted by Gasteiger charge is 2.22. The van der Waals surface area contributed by atoms with E-state index < -0.39 is 15.9 Å². The number of rotatable bonds is 11. The standard InChI is InChI=1S/C27H30N2O4S2/c1-28-25-14-6-7-15-26(25)34-27(28)20-21-16-18-29(24-13-5-4-12-23(21)24)17-8-2-3-10-22(30)11-9-19-35(31,32)33/h4-7,12-16,18,20H,2-3,8-11,17,19H2,1H3. The molecule has 0 spiro atoms. The van der Waals surface area contributed by atoms with Crippen LogP contribution in [-0.4, -0.2) is 31.6 Å². The Hall–Kier alpha value is -2.68. The number of carbonyl (C=O) groups is 1. The lowest BCUT2D eigenvalue weighted by molar-refractivity contribution is -0.671. The second-order valence-electron chi connectivity index (χ2n) is 8.81. The van der Waals surface area contributed by atoms with Gasteiger partial charge in [-0.25, -0.2) is 8.42 Å². The van der Waals surface area contributed by atoms with Gasteiger partial charge in [0, 0.05) is 49.1 Å². The Bertz CT molecular complexity index is 1350. The van der Waals surface area contributed by atoms with Gasteiger partial charge in [-0.3, -0.25) is 4.79 Å². The van der Waals surface area contributed by atoms with E-state index in [2.05, 4.69) is 83.4 Å². The third-order valence-corrected chi connectivity index (χ3v) is 8.17. The Morgan fingerprint density at radius 3 is 2.54 bits per heavy atom. The van der Waals surface area contributed by atoms with Gasteiger partial charge in [-0.05, 0) is 49.1 Å². The Labute approximate surface area is 211 Å². The van der Waals surface area contributed by atoms with E-state index in [1.165, 1.54) is 32.1 Å². The number of para-hydroxylation sites is 2. The number of carbonyl (C=O) groups excluding carboxylic acids is 1. The van der Waals surface area contributed by atoms with Crippen LogP contribution in [0.3, 0.4) is 0 Å². The van der Waals surface area contributed by atoms with Gasteiger partial charge in [0.1, 0.15) is 12.3 Å². The minimum absolute atomic E-state index is 0.0287. The third-order valence-electron chi connectivity index (χ3n) is 6.21. The van der Waals surface area contributed by atoms with Crippen molar-refractivity contribution in [1.82, 2.24) is 0 Å². The van der Waals surface area contributed by atoms with Crippen molar-refractivity contribution in [3.05, 3.63) is 71.4 Å². The van der Waals surface area contributed by atoms with Gasteiger partial charge < -0.3 is 9.45 Å². The molecule has 1 aromatic heterocycles. The molecule has 2 aromatic carbocycles. The maximum Gasteiger partial charge on any atom is 0.213 e. The van der Waals surface area contributed by atoms with Crippen molar-refractivity contribution in [3.8, 4) is 0 Å². The first kappa shape index (κ1) is 25.4. The number of aryl methyl sites for hydroxylation is 1. The molecule has 0 saturated heterocycles. The molecule has 0 bridgehead atoms. The molecule has 0 amide bonds. The monoisotopic (exact) mass is 510 g/mol. The van der Waals surface area contributed by atoms with Gasteiger partial charge in [-0.1, -0.05) is 36.0 Å². The zero-order chi connectivity index (χ0) is 24.8. The summed E-state index contributed by atoms with van der Waals surface area (Å²) in [5, 5.41) is 2.41. The summed E-state index contributed by atoms with van der Waals surface area (Å²) in [6, 6.07) is 19.0. The fourth-order valence-electron chi connectivity index (χ4n) is 4.36. The van der Waals surface area contributed by atoms with Crippen LogP contribution in [0, 0.1) is 0 Å². The van der Waals surface area contributed by atoms with Crippen LogP contribution in [-0.2, 0) is 21.5 Å². The molecule has 0 atom stereocenters. The van der Waals surface area contributed by atoms with Crippen molar-refractivity contribution >= 4 is 50.3 Å². The number of Topliss-reactive ketones (excluding diaryl/α,β-unsaturated/α-hetero) is 1. The van der Waals surface area contributed by atoms with Gasteiger partial charge in [-0.2, -0.15) is 4.57 Å². The molecular weight excluding hydrogens is 480 g/mol. The zero-order valence-electron chi connectivity index (χ0n) is 19.9. The average molecular weight is 511 g/mol. The number of benzene rings is 2. The lowest BCUT2D eigenvalue weighted by Gasteiger charge is -2.13. The number of ketones is 1. The smallest absolute Gasteiger partial charge is 0.213 e. The summed E-state index contributed by atoms with van der Waals surface area (Å²) < 4.78 is 34.2.